The smallest absolute Gasteiger partial charge is 0.255 e. The molecule has 0 fully saturated rings. The standard InChI is InChI=1S/C24H22N2O6/c25-24(32)20-15(28)9-10-8-12-17(13-5-1-2-7-26-13)11-4-3-6-14(27)18(11)23(31)19(12)21(29)16(10)22(20)30/h1-6,10,12,16-17,26-29H,7-9H2,(H2,25,32)/t10-,12+,16?,17-/m0/s1. The van der Waals surface area contributed by atoms with Crippen LogP contribution < -0.4 is 11.1 Å². The van der Waals surface area contributed by atoms with Crippen molar-refractivity contribution in [1.29, 1.82) is 0 Å². The van der Waals surface area contributed by atoms with E-state index in [2.05, 4.69) is 5.32 Å². The average Bonchev–Trinajstić information content (AvgIpc) is 2.73. The summed E-state index contributed by atoms with van der Waals surface area (Å²) >= 11 is 0. The summed E-state index contributed by atoms with van der Waals surface area (Å²) in [4.78, 5) is 38.2. The molecule has 1 unspecified atom stereocenters. The minimum atomic E-state index is -1.13. The quantitative estimate of drug-likeness (QED) is 0.447. The molecule has 8 heteroatoms. The molecule has 6 N–H and O–H groups in total. The van der Waals surface area contributed by atoms with Crippen molar-refractivity contribution in [2.75, 3.05) is 6.54 Å². The van der Waals surface area contributed by atoms with Crippen molar-refractivity contribution in [2.45, 2.75) is 18.8 Å². The van der Waals surface area contributed by atoms with Gasteiger partial charge in [-0.25, -0.2) is 0 Å². The Bertz CT molecular complexity index is 1200. The summed E-state index contributed by atoms with van der Waals surface area (Å²) in [6, 6.07) is 4.87. The normalized spacial score (nSPS) is 29.1. The molecule has 0 saturated heterocycles. The highest BCUT2D eigenvalue weighted by molar-refractivity contribution is 6.22. The number of primary amides is 1. The van der Waals surface area contributed by atoms with Crippen molar-refractivity contribution in [3.8, 4) is 5.75 Å². The SMILES string of the molecule is NC(=O)C1=C(O)C[C@@H]2C[C@H]3C(=C(O)C2C1=O)C(=O)c1c(O)cccc1[C@@H]3C1=CC=CCN1. The van der Waals surface area contributed by atoms with Gasteiger partial charge in [-0.05, 0) is 30.0 Å². The number of nitrogens with one attached hydrogen (secondary N) is 1. The van der Waals surface area contributed by atoms with E-state index in [-0.39, 0.29) is 35.0 Å². The molecule has 0 saturated carbocycles. The van der Waals surface area contributed by atoms with E-state index in [1.54, 1.807) is 12.1 Å². The van der Waals surface area contributed by atoms with Gasteiger partial charge in [-0.1, -0.05) is 24.3 Å². The molecule has 0 spiro atoms. The Labute approximate surface area is 183 Å². The highest BCUT2D eigenvalue weighted by atomic mass is 16.3. The highest BCUT2D eigenvalue weighted by Crippen LogP contribution is 2.54. The number of carbonyl (C=O) groups is 3. The number of ketones is 2. The molecule has 1 aromatic rings. The molecule has 0 bridgehead atoms. The minimum absolute atomic E-state index is 0.00268. The van der Waals surface area contributed by atoms with Gasteiger partial charge in [-0.3, -0.25) is 14.4 Å². The number of benzene rings is 1. The number of aliphatic hydroxyl groups is 2. The van der Waals surface area contributed by atoms with Crippen LogP contribution in [0.1, 0.15) is 34.7 Å². The summed E-state index contributed by atoms with van der Waals surface area (Å²) in [6.45, 7) is 0.595. The molecule has 32 heavy (non-hydrogen) atoms. The van der Waals surface area contributed by atoms with Crippen molar-refractivity contribution in [3.63, 3.8) is 0 Å². The second kappa shape index (κ2) is 7.12. The Kier molecular flexibility index (Phi) is 4.47. The molecule has 1 amide bonds. The summed E-state index contributed by atoms with van der Waals surface area (Å²) in [5.41, 5.74) is 6.40. The van der Waals surface area contributed by atoms with Crippen LogP contribution in [0.3, 0.4) is 0 Å². The second-order valence-corrected chi connectivity index (χ2v) is 8.61. The van der Waals surface area contributed by atoms with Gasteiger partial charge in [-0.15, -0.1) is 0 Å². The van der Waals surface area contributed by atoms with Crippen LogP contribution in [0.4, 0.5) is 0 Å². The van der Waals surface area contributed by atoms with E-state index >= 15 is 0 Å². The molecule has 0 aromatic heterocycles. The van der Waals surface area contributed by atoms with Crippen LogP contribution >= 0.6 is 0 Å². The Hall–Kier alpha value is -3.81. The van der Waals surface area contributed by atoms with Gasteiger partial charge < -0.3 is 26.4 Å². The molecule has 1 aliphatic heterocycles. The molecule has 1 heterocycles. The predicted octanol–water partition coefficient (Wildman–Crippen LogP) is 2.05. The van der Waals surface area contributed by atoms with E-state index in [9.17, 15) is 29.7 Å². The number of hydrogen-bond donors (Lipinski definition) is 5. The molecule has 5 rings (SSSR count). The molecule has 1 aromatic carbocycles. The molecular formula is C24H22N2O6. The maximum atomic E-state index is 13.5. The number of Topliss-reactive ketones (excluding diaryl/α,β-unsaturated/α-hetero) is 2. The number of amides is 1. The number of dihydropyridines is 1. The van der Waals surface area contributed by atoms with Crippen LogP contribution in [0.2, 0.25) is 0 Å². The van der Waals surface area contributed by atoms with Gasteiger partial charge in [0.15, 0.2) is 11.6 Å². The monoisotopic (exact) mass is 434 g/mol. The number of allylic oxidation sites excluding steroid dienone is 6. The molecule has 8 nitrogen and oxygen atoms in total. The largest absolute Gasteiger partial charge is 0.511 e. The first-order chi connectivity index (χ1) is 15.3. The zero-order valence-electron chi connectivity index (χ0n) is 17.0. The molecule has 164 valence electrons. The van der Waals surface area contributed by atoms with Gasteiger partial charge >= 0.3 is 0 Å². The first kappa shape index (κ1) is 20.1. The van der Waals surface area contributed by atoms with E-state index in [0.29, 0.717) is 18.5 Å². The number of aliphatic hydroxyl groups excluding tert-OH is 2. The number of aromatic hydroxyl groups is 1. The van der Waals surface area contributed by atoms with Crippen molar-refractivity contribution in [1.82, 2.24) is 5.32 Å². The number of phenolic OH excluding ortho intramolecular Hbond substituents is 1. The van der Waals surface area contributed by atoms with Crippen molar-refractivity contribution in [2.24, 2.45) is 23.5 Å². The summed E-state index contributed by atoms with van der Waals surface area (Å²) in [5, 5.41) is 35.3. The predicted molar refractivity (Wildman–Crippen MR) is 114 cm³/mol. The van der Waals surface area contributed by atoms with Gasteiger partial charge in [0.2, 0.25) is 0 Å². The van der Waals surface area contributed by atoms with Gasteiger partial charge in [-0.2, -0.15) is 0 Å². The fourth-order valence-corrected chi connectivity index (χ4v) is 5.69. The van der Waals surface area contributed by atoms with E-state index in [1.807, 2.05) is 18.2 Å². The Morgan fingerprint density at radius 2 is 1.91 bits per heavy atom. The highest BCUT2D eigenvalue weighted by Gasteiger charge is 2.53. The summed E-state index contributed by atoms with van der Waals surface area (Å²) in [5.74, 6) is -5.82. The lowest BCUT2D eigenvalue weighted by Crippen LogP contribution is -2.45. The van der Waals surface area contributed by atoms with Crippen molar-refractivity contribution < 1.29 is 29.7 Å². The lowest BCUT2D eigenvalue weighted by Gasteiger charge is -2.45. The van der Waals surface area contributed by atoms with Crippen LogP contribution in [-0.2, 0) is 9.59 Å². The zero-order valence-corrected chi connectivity index (χ0v) is 17.0. The summed E-state index contributed by atoms with van der Waals surface area (Å²) in [6.07, 6.45) is 6.08. The Balaban J connectivity index is 1.72. The number of hydrogen-bond acceptors (Lipinski definition) is 7. The lowest BCUT2D eigenvalue weighted by atomic mass is 9.59. The zero-order chi connectivity index (χ0) is 22.7. The van der Waals surface area contributed by atoms with Gasteiger partial charge in [0.1, 0.15) is 22.8 Å². The summed E-state index contributed by atoms with van der Waals surface area (Å²) < 4.78 is 0. The van der Waals surface area contributed by atoms with Gasteiger partial charge in [0.05, 0.1) is 11.5 Å². The third-order valence-electron chi connectivity index (χ3n) is 6.94. The average molecular weight is 434 g/mol. The third kappa shape index (κ3) is 2.72. The van der Waals surface area contributed by atoms with Gasteiger partial charge in [0, 0.05) is 36.1 Å². The van der Waals surface area contributed by atoms with E-state index < -0.39 is 46.6 Å². The fraction of sp³-hybridized carbons (Fsp3) is 0.292. The van der Waals surface area contributed by atoms with Crippen LogP contribution in [-0.4, -0.2) is 39.3 Å². The van der Waals surface area contributed by atoms with Gasteiger partial charge in [0.25, 0.3) is 5.91 Å². The number of rotatable bonds is 2. The van der Waals surface area contributed by atoms with Crippen LogP contribution in [0.15, 0.2) is 64.8 Å². The van der Waals surface area contributed by atoms with Crippen LogP contribution in [0, 0.1) is 17.8 Å². The molecule has 4 atom stereocenters. The Morgan fingerprint density at radius 3 is 2.59 bits per heavy atom. The lowest BCUT2D eigenvalue weighted by molar-refractivity contribution is -0.126. The molecule has 3 aliphatic carbocycles. The summed E-state index contributed by atoms with van der Waals surface area (Å²) in [7, 11) is 0. The molecular weight excluding hydrogens is 412 g/mol. The fourth-order valence-electron chi connectivity index (χ4n) is 5.69. The van der Waals surface area contributed by atoms with Crippen molar-refractivity contribution in [3.05, 3.63) is 75.9 Å². The first-order valence-electron chi connectivity index (χ1n) is 10.5. The topological polar surface area (TPSA) is 150 Å². The number of nitrogens with two attached hydrogens (primary N) is 1. The minimum Gasteiger partial charge on any atom is -0.511 e. The van der Waals surface area contributed by atoms with E-state index in [0.717, 1.165) is 5.70 Å². The molecule has 0 radical (unpaired) electrons. The molecule has 4 aliphatic rings. The second-order valence-electron chi connectivity index (χ2n) is 8.61. The van der Waals surface area contributed by atoms with Crippen molar-refractivity contribution >= 4 is 17.5 Å². The Morgan fingerprint density at radius 1 is 1.12 bits per heavy atom. The maximum absolute atomic E-state index is 13.5. The maximum Gasteiger partial charge on any atom is 0.255 e. The van der Waals surface area contributed by atoms with E-state index in [1.165, 1.54) is 6.07 Å². The van der Waals surface area contributed by atoms with Crippen LogP contribution in [0.25, 0.3) is 0 Å². The van der Waals surface area contributed by atoms with Crippen LogP contribution in [0.5, 0.6) is 5.75 Å². The van der Waals surface area contributed by atoms with E-state index in [4.69, 9.17) is 5.73 Å². The number of carbonyl (C=O) groups excluding carboxylic acids is 3. The number of phenols is 1. The third-order valence-corrected chi connectivity index (χ3v) is 6.94. The first-order valence-corrected chi connectivity index (χ1v) is 10.5. The number of fused-ring (bicyclic) bond motifs is 3.